The third-order valence-corrected chi connectivity index (χ3v) is 11.6. The van der Waals surface area contributed by atoms with Crippen LogP contribution < -0.4 is 0 Å². The van der Waals surface area contributed by atoms with Gasteiger partial charge >= 0.3 is 0 Å². The van der Waals surface area contributed by atoms with Crippen molar-refractivity contribution in [3.05, 3.63) is 176 Å². The van der Waals surface area contributed by atoms with Crippen LogP contribution in [-0.2, 0) is 0 Å². The minimum absolute atomic E-state index is 0.664. The molecule has 0 aliphatic carbocycles. The molecule has 0 unspecified atom stereocenters. The molecule has 0 N–H and O–H groups in total. The molecule has 0 atom stereocenters. The van der Waals surface area contributed by atoms with Crippen LogP contribution >= 0.6 is 11.3 Å². The van der Waals surface area contributed by atoms with Crippen LogP contribution in [0.2, 0.25) is 0 Å². The van der Waals surface area contributed by atoms with Crippen LogP contribution in [0.25, 0.3) is 109 Å². The molecule has 11 rings (SSSR count). The van der Waals surface area contributed by atoms with Crippen LogP contribution in [0.1, 0.15) is 0 Å². The summed E-state index contributed by atoms with van der Waals surface area (Å²) in [5.74, 6) is 0.664. The Hall–Kier alpha value is -6.95. The fourth-order valence-electron chi connectivity index (χ4n) is 7.83. The zero-order chi connectivity index (χ0) is 35.6. The molecule has 0 aliphatic rings. The first-order valence-corrected chi connectivity index (χ1v) is 18.8. The standard InChI is InChI=1S/C49H29N3OS/c1-2-11-31(12-3-1)42-29-43(52-49(51-42)32-23-21-30(22-24-32)33-27-28-50-41-18-7-4-13-34(33)41)39-26-25-36(47-46(39)40-15-5-8-19-44(40)53-47)38-17-10-16-37-35-14-6-9-20-45(35)54-48(37)38/h1-29H. The number of rotatable bonds is 5. The zero-order valence-electron chi connectivity index (χ0n) is 28.9. The summed E-state index contributed by atoms with van der Waals surface area (Å²) in [5.41, 5.74) is 11.9. The highest BCUT2D eigenvalue weighted by atomic mass is 32.1. The van der Waals surface area contributed by atoms with Gasteiger partial charge in [0.2, 0.25) is 0 Å². The zero-order valence-corrected chi connectivity index (χ0v) is 29.7. The number of nitrogens with zero attached hydrogens (tertiary/aromatic N) is 3. The smallest absolute Gasteiger partial charge is 0.160 e. The van der Waals surface area contributed by atoms with Crippen molar-refractivity contribution in [2.24, 2.45) is 0 Å². The SMILES string of the molecule is c1ccc(-c2cc(-c3ccc(-c4cccc5c4sc4ccccc45)c4oc5ccccc5c34)nc(-c3ccc(-c4ccnc5ccccc45)cc3)n2)cc1. The van der Waals surface area contributed by atoms with E-state index in [-0.39, 0.29) is 0 Å². The predicted molar refractivity (Wildman–Crippen MR) is 225 cm³/mol. The Morgan fingerprint density at radius 3 is 2.04 bits per heavy atom. The van der Waals surface area contributed by atoms with E-state index < -0.39 is 0 Å². The molecule has 5 heteroatoms. The van der Waals surface area contributed by atoms with Crippen molar-refractivity contribution in [2.75, 3.05) is 0 Å². The second-order valence-corrected chi connectivity index (χ2v) is 14.6. The number of aromatic nitrogens is 3. The molecule has 11 aromatic rings. The number of para-hydroxylation sites is 2. The van der Waals surface area contributed by atoms with Crippen molar-refractivity contribution in [3.8, 4) is 56.2 Å². The molecule has 0 saturated heterocycles. The summed E-state index contributed by atoms with van der Waals surface area (Å²) in [7, 11) is 0. The lowest BCUT2D eigenvalue weighted by Gasteiger charge is -2.12. The van der Waals surface area contributed by atoms with Crippen LogP contribution in [0.15, 0.2) is 180 Å². The lowest BCUT2D eigenvalue weighted by atomic mass is 9.95. The van der Waals surface area contributed by atoms with Gasteiger partial charge in [0.25, 0.3) is 0 Å². The summed E-state index contributed by atoms with van der Waals surface area (Å²) in [6.07, 6.45) is 1.87. The summed E-state index contributed by atoms with van der Waals surface area (Å²) in [6.45, 7) is 0. The Bertz CT molecular complexity index is 3210. The Kier molecular flexibility index (Phi) is 7.00. The normalized spacial score (nSPS) is 11.7. The van der Waals surface area contributed by atoms with Gasteiger partial charge in [-0.25, -0.2) is 9.97 Å². The van der Waals surface area contributed by atoms with E-state index in [1.807, 2.05) is 35.7 Å². The van der Waals surface area contributed by atoms with E-state index in [1.54, 1.807) is 0 Å². The van der Waals surface area contributed by atoms with Crippen LogP contribution in [0.5, 0.6) is 0 Å². The average molecular weight is 708 g/mol. The molecule has 0 spiro atoms. The lowest BCUT2D eigenvalue weighted by molar-refractivity contribution is 0.670. The number of hydrogen-bond donors (Lipinski definition) is 0. The molecular formula is C49H29N3OS. The summed E-state index contributed by atoms with van der Waals surface area (Å²) in [6, 6.07) is 59.3. The van der Waals surface area contributed by atoms with Crippen LogP contribution in [-0.4, -0.2) is 15.0 Å². The molecule has 0 radical (unpaired) electrons. The Morgan fingerprint density at radius 2 is 1.15 bits per heavy atom. The van der Waals surface area contributed by atoms with Crippen molar-refractivity contribution < 1.29 is 4.42 Å². The van der Waals surface area contributed by atoms with Crippen LogP contribution in [0, 0.1) is 0 Å². The van der Waals surface area contributed by atoms with E-state index in [2.05, 4.69) is 157 Å². The molecular weight excluding hydrogens is 679 g/mol. The first kappa shape index (κ1) is 30.7. The lowest BCUT2D eigenvalue weighted by Crippen LogP contribution is -1.96. The van der Waals surface area contributed by atoms with Crippen molar-refractivity contribution in [1.82, 2.24) is 15.0 Å². The fraction of sp³-hybridized carbons (Fsp3) is 0. The second-order valence-electron chi connectivity index (χ2n) is 13.5. The predicted octanol–water partition coefficient (Wildman–Crippen LogP) is 13.6. The molecule has 4 aromatic heterocycles. The highest BCUT2D eigenvalue weighted by molar-refractivity contribution is 7.26. The summed E-state index contributed by atoms with van der Waals surface area (Å²) in [5, 5.41) is 5.77. The van der Waals surface area contributed by atoms with E-state index in [4.69, 9.17) is 14.4 Å². The molecule has 4 nitrogen and oxygen atoms in total. The molecule has 0 fully saturated rings. The van der Waals surface area contributed by atoms with Gasteiger partial charge in [0.05, 0.1) is 16.9 Å². The van der Waals surface area contributed by atoms with E-state index >= 15 is 0 Å². The van der Waals surface area contributed by atoms with Gasteiger partial charge in [0.1, 0.15) is 11.2 Å². The van der Waals surface area contributed by atoms with Gasteiger partial charge in [0, 0.05) is 70.3 Å². The minimum atomic E-state index is 0.664. The Morgan fingerprint density at radius 1 is 0.444 bits per heavy atom. The first-order valence-electron chi connectivity index (χ1n) is 18.0. The molecule has 0 bridgehead atoms. The molecule has 4 heterocycles. The van der Waals surface area contributed by atoms with Crippen molar-refractivity contribution in [3.63, 3.8) is 0 Å². The maximum Gasteiger partial charge on any atom is 0.160 e. The van der Waals surface area contributed by atoms with Gasteiger partial charge in [-0.2, -0.15) is 0 Å². The molecule has 0 saturated carbocycles. The van der Waals surface area contributed by atoms with Crippen LogP contribution in [0.4, 0.5) is 0 Å². The third kappa shape index (κ3) is 4.94. The number of fused-ring (bicyclic) bond motifs is 7. The number of pyridine rings is 1. The maximum atomic E-state index is 6.80. The quantitative estimate of drug-likeness (QED) is 0.179. The van der Waals surface area contributed by atoms with Gasteiger partial charge in [0.15, 0.2) is 5.82 Å². The van der Waals surface area contributed by atoms with E-state index in [1.165, 1.54) is 25.7 Å². The highest BCUT2D eigenvalue weighted by Gasteiger charge is 2.21. The van der Waals surface area contributed by atoms with Crippen molar-refractivity contribution in [1.29, 1.82) is 0 Å². The number of hydrogen-bond acceptors (Lipinski definition) is 5. The van der Waals surface area contributed by atoms with Gasteiger partial charge in [-0.15, -0.1) is 11.3 Å². The molecule has 54 heavy (non-hydrogen) atoms. The number of benzene rings is 7. The molecule has 0 amide bonds. The Labute approximate surface area is 314 Å². The summed E-state index contributed by atoms with van der Waals surface area (Å²) < 4.78 is 9.33. The maximum absolute atomic E-state index is 6.80. The summed E-state index contributed by atoms with van der Waals surface area (Å²) in [4.78, 5) is 15.0. The van der Waals surface area contributed by atoms with Gasteiger partial charge in [-0.1, -0.05) is 133 Å². The minimum Gasteiger partial charge on any atom is -0.455 e. The second kappa shape index (κ2) is 12.3. The van der Waals surface area contributed by atoms with Gasteiger partial charge in [-0.3, -0.25) is 4.98 Å². The van der Waals surface area contributed by atoms with Crippen molar-refractivity contribution >= 4 is 64.4 Å². The average Bonchev–Trinajstić information content (AvgIpc) is 3.83. The largest absolute Gasteiger partial charge is 0.455 e. The summed E-state index contributed by atoms with van der Waals surface area (Å²) >= 11 is 1.83. The molecule has 0 aliphatic heterocycles. The number of furan rings is 1. The van der Waals surface area contributed by atoms with E-state index in [0.29, 0.717) is 5.82 Å². The van der Waals surface area contributed by atoms with Crippen molar-refractivity contribution in [2.45, 2.75) is 0 Å². The molecule has 7 aromatic carbocycles. The fourth-order valence-corrected chi connectivity index (χ4v) is 9.06. The Balaban J connectivity index is 1.11. The topological polar surface area (TPSA) is 51.8 Å². The third-order valence-electron chi connectivity index (χ3n) is 10.4. The van der Waals surface area contributed by atoms with E-state index in [9.17, 15) is 0 Å². The molecule has 252 valence electrons. The van der Waals surface area contributed by atoms with Gasteiger partial charge < -0.3 is 4.42 Å². The van der Waals surface area contributed by atoms with Gasteiger partial charge in [-0.05, 0) is 47.5 Å². The highest BCUT2D eigenvalue weighted by Crippen LogP contribution is 2.46. The first-order chi connectivity index (χ1) is 26.8. The van der Waals surface area contributed by atoms with Crippen LogP contribution in [0.3, 0.4) is 0 Å². The monoisotopic (exact) mass is 707 g/mol. The van der Waals surface area contributed by atoms with E-state index in [0.717, 1.165) is 77.6 Å². The number of thiophene rings is 1.